The van der Waals surface area contributed by atoms with Gasteiger partial charge in [0.05, 0.1) is 0 Å². The number of carbonyl (C=O) groups excluding carboxylic acids is 1. The summed E-state index contributed by atoms with van der Waals surface area (Å²) in [6, 6.07) is 0. The molecule has 0 aliphatic carbocycles. The molecule has 0 fully saturated rings. The zero-order valence-corrected chi connectivity index (χ0v) is 6.57. The normalized spacial score (nSPS) is 3.25. The second kappa shape index (κ2) is 9.30. The van der Waals surface area contributed by atoms with Crippen LogP contribution in [-0.2, 0) is 4.79 Å². The van der Waals surface area contributed by atoms with E-state index in [1.165, 1.54) is 13.2 Å². The third kappa shape index (κ3) is 15.5. The minimum absolute atomic E-state index is 0. The molecule has 1 nitrogen and oxygen atoms in total. The van der Waals surface area contributed by atoms with Gasteiger partial charge in [0.1, 0.15) is 0 Å². The monoisotopic (exact) mass is 281 g/mol. The fraction of sp³-hybridized carbons (Fsp3) is 0.500. The van der Waals surface area contributed by atoms with Crippen molar-refractivity contribution in [2.75, 3.05) is 0 Å². The molecule has 0 aromatic rings. The summed E-state index contributed by atoms with van der Waals surface area (Å²) in [4.78, 5) is 8.68. The first-order valence-electron chi connectivity index (χ1n) is 0.704. The van der Waals surface area contributed by atoms with Crippen LogP contribution in [0.15, 0.2) is 0 Å². The molecule has 0 spiro atoms. The molecule has 0 aliphatic rings. The largest absolute Gasteiger partial charge is 0.542 e. The Kier molecular flexibility index (Phi) is 20.5. The summed E-state index contributed by atoms with van der Waals surface area (Å²) in [5.74, 6) is 0. The molecule has 22 valence electrons. The minimum atomic E-state index is 0. The van der Waals surface area contributed by atoms with E-state index < -0.39 is 0 Å². The quantitative estimate of drug-likeness (QED) is 0.576. The van der Waals surface area contributed by atoms with Crippen molar-refractivity contribution in [1.82, 2.24) is 0 Å². The Morgan fingerprint density at radius 1 is 1.75 bits per heavy atom. The van der Waals surface area contributed by atoms with Crippen LogP contribution in [0.3, 0.4) is 0 Å². The Bertz CT molecular complexity index is 13.5. The Morgan fingerprint density at radius 2 is 1.75 bits per heavy atom. The van der Waals surface area contributed by atoms with Crippen LogP contribution in [0.5, 0.6) is 0 Å². The van der Waals surface area contributed by atoms with Crippen molar-refractivity contribution >= 4 is 6.29 Å². The first kappa shape index (κ1) is 8.83. The number of hydrogen-bond donors (Lipinski definition) is 0. The molecule has 0 bridgehead atoms. The van der Waals surface area contributed by atoms with Crippen molar-refractivity contribution in [2.24, 2.45) is 0 Å². The van der Waals surface area contributed by atoms with Crippen molar-refractivity contribution in [3.63, 3.8) is 0 Å². The van der Waals surface area contributed by atoms with Crippen LogP contribution < -0.4 is 0 Å². The summed E-state index contributed by atoms with van der Waals surface area (Å²) in [7, 11) is 0. The van der Waals surface area contributed by atoms with Crippen LogP contribution in [0, 0.1) is 31.1 Å². The Morgan fingerprint density at radius 3 is 1.75 bits per heavy atom. The van der Waals surface area contributed by atoms with Crippen molar-refractivity contribution < 1.29 is 35.9 Å². The molecule has 0 N–H and O–H groups in total. The van der Waals surface area contributed by atoms with E-state index in [2.05, 4.69) is 0 Å². The summed E-state index contributed by atoms with van der Waals surface area (Å²) in [6.45, 7) is 1.32. The Labute approximate surface area is 49.1 Å². The second-order valence-electron chi connectivity index (χ2n) is 0.204. The Hall–Kier alpha value is 0.722. The van der Waals surface area contributed by atoms with E-state index in [1.54, 1.807) is 0 Å². The van der Waals surface area contributed by atoms with Gasteiger partial charge in [-0.1, -0.05) is 0 Å². The van der Waals surface area contributed by atoms with E-state index in [9.17, 15) is 0 Å². The molecule has 0 rings (SSSR count). The maximum atomic E-state index is 8.68. The molecule has 0 amide bonds. The van der Waals surface area contributed by atoms with Gasteiger partial charge in [-0.25, -0.2) is 0 Å². The van der Waals surface area contributed by atoms with E-state index in [1.807, 2.05) is 0 Å². The van der Waals surface area contributed by atoms with Gasteiger partial charge in [0, 0.05) is 31.1 Å². The van der Waals surface area contributed by atoms with E-state index in [4.69, 9.17) is 4.79 Å². The Balaban J connectivity index is 0. The molecular weight excluding hydrogens is 278 g/mol. The summed E-state index contributed by atoms with van der Waals surface area (Å²) >= 11 is 0. The van der Waals surface area contributed by atoms with Crippen LogP contribution in [0.25, 0.3) is 0 Å². The third-order valence-corrected chi connectivity index (χ3v) is 0. The summed E-state index contributed by atoms with van der Waals surface area (Å²) < 4.78 is 0. The number of hydrogen-bond acceptors (Lipinski definition) is 1. The predicted octanol–water partition coefficient (Wildman–Crippen LogP) is 0.116. The predicted molar refractivity (Wildman–Crippen MR) is 11.4 cm³/mol. The molecule has 0 unspecified atom stereocenters. The van der Waals surface area contributed by atoms with Gasteiger partial charge >= 0.3 is 0 Å². The van der Waals surface area contributed by atoms with E-state index >= 15 is 0 Å². The first-order valence-corrected chi connectivity index (χ1v) is 0.704. The standard InChI is InChI=1S/C2H3O.U/c1-2-3;/h1H3;/q-1;. The third-order valence-electron chi connectivity index (χ3n) is 0. The molecule has 4 heavy (non-hydrogen) atoms. The molecule has 0 aliphatic heterocycles. The zero-order chi connectivity index (χ0) is 2.71. The van der Waals surface area contributed by atoms with E-state index in [0.717, 1.165) is 0 Å². The first-order chi connectivity index (χ1) is 1.41. The topological polar surface area (TPSA) is 17.1 Å². The van der Waals surface area contributed by atoms with Gasteiger partial charge in [-0.2, -0.15) is 6.92 Å². The van der Waals surface area contributed by atoms with Crippen LogP contribution in [-0.4, -0.2) is 6.29 Å². The average Bonchev–Trinajstić information content (AvgIpc) is 0.918. The van der Waals surface area contributed by atoms with Crippen molar-refractivity contribution in [1.29, 1.82) is 0 Å². The maximum Gasteiger partial charge on any atom is 0 e. The maximum absolute atomic E-state index is 8.68. The van der Waals surface area contributed by atoms with Crippen molar-refractivity contribution in [3.8, 4) is 0 Å². The van der Waals surface area contributed by atoms with Gasteiger partial charge in [-0.3, -0.25) is 6.29 Å². The van der Waals surface area contributed by atoms with Gasteiger partial charge in [-0.05, 0) is 0 Å². The fourth-order valence-electron chi connectivity index (χ4n) is 0. The summed E-state index contributed by atoms with van der Waals surface area (Å²) in [5, 5.41) is 0. The van der Waals surface area contributed by atoms with Gasteiger partial charge in [-0.15, -0.1) is 0 Å². The molecule has 0 saturated carbocycles. The summed E-state index contributed by atoms with van der Waals surface area (Å²) in [6.07, 6.45) is 1.50. The van der Waals surface area contributed by atoms with Crippen LogP contribution in [0.2, 0.25) is 0 Å². The SMILES string of the molecule is C[C-]=O.[U]. The molecular formula is C2H3OU-. The molecule has 0 saturated heterocycles. The number of rotatable bonds is 0. The molecule has 0 heterocycles. The summed E-state index contributed by atoms with van der Waals surface area (Å²) in [5.41, 5.74) is 0. The van der Waals surface area contributed by atoms with E-state index in [-0.39, 0.29) is 31.1 Å². The molecule has 0 atom stereocenters. The van der Waals surface area contributed by atoms with Crippen molar-refractivity contribution in [2.45, 2.75) is 6.92 Å². The smallest absolute Gasteiger partial charge is 0 e. The van der Waals surface area contributed by atoms with Gasteiger partial charge in [0.15, 0.2) is 0 Å². The van der Waals surface area contributed by atoms with E-state index in [0.29, 0.717) is 0 Å². The average molecular weight is 281 g/mol. The molecule has 0 aromatic heterocycles. The van der Waals surface area contributed by atoms with Crippen LogP contribution in [0.1, 0.15) is 6.92 Å². The van der Waals surface area contributed by atoms with Gasteiger partial charge in [0.25, 0.3) is 0 Å². The van der Waals surface area contributed by atoms with Crippen LogP contribution in [0.4, 0.5) is 0 Å². The van der Waals surface area contributed by atoms with Crippen molar-refractivity contribution in [3.05, 3.63) is 0 Å². The van der Waals surface area contributed by atoms with Gasteiger partial charge in [0.2, 0.25) is 0 Å². The fourth-order valence-corrected chi connectivity index (χ4v) is 0. The zero-order valence-electron chi connectivity index (χ0n) is 2.41. The van der Waals surface area contributed by atoms with Crippen LogP contribution >= 0.6 is 0 Å². The molecule has 0 aromatic carbocycles. The second-order valence-corrected chi connectivity index (χ2v) is 0.204. The molecule has 0 radical (unpaired) electrons. The van der Waals surface area contributed by atoms with Gasteiger partial charge < -0.3 is 4.79 Å². The minimum Gasteiger partial charge on any atom is -0.542 e. The molecule has 2 heteroatoms.